The number of rotatable bonds is 9. The molecular formula is C10H20N4OS2. The minimum atomic E-state index is 0.774. The molecule has 0 aromatic carbocycles. The number of nitrogens with zero attached hydrogens (tertiary/aromatic N) is 3. The molecule has 98 valence electrons. The Bertz CT molecular complexity index is 306. The van der Waals surface area contributed by atoms with Gasteiger partial charge in [-0.25, -0.2) is 0 Å². The Kier molecular flexibility index (Phi) is 7.50. The van der Waals surface area contributed by atoms with Crippen molar-refractivity contribution < 1.29 is 4.74 Å². The molecule has 1 aromatic heterocycles. The first kappa shape index (κ1) is 14.7. The van der Waals surface area contributed by atoms with Crippen LogP contribution < -0.4 is 10.2 Å². The summed E-state index contributed by atoms with van der Waals surface area (Å²) < 4.78 is 6.00. The van der Waals surface area contributed by atoms with Gasteiger partial charge in [0.05, 0.1) is 6.61 Å². The predicted molar refractivity (Wildman–Crippen MR) is 74.3 cm³/mol. The van der Waals surface area contributed by atoms with Crippen LogP contribution in [0.1, 0.15) is 6.42 Å². The van der Waals surface area contributed by atoms with E-state index in [1.54, 1.807) is 30.2 Å². The summed E-state index contributed by atoms with van der Waals surface area (Å²) in [4.78, 5) is 1.98. The third-order valence-corrected chi connectivity index (χ3v) is 4.30. The van der Waals surface area contributed by atoms with Crippen molar-refractivity contribution in [3.05, 3.63) is 0 Å². The average molecular weight is 276 g/mol. The highest BCUT2D eigenvalue weighted by molar-refractivity contribution is 8.01. The van der Waals surface area contributed by atoms with E-state index in [9.17, 15) is 0 Å². The van der Waals surface area contributed by atoms with Crippen molar-refractivity contribution >= 4 is 28.2 Å². The van der Waals surface area contributed by atoms with Crippen LogP contribution >= 0.6 is 23.1 Å². The summed E-state index contributed by atoms with van der Waals surface area (Å²) in [6.45, 7) is 2.72. The molecule has 0 amide bonds. The molecule has 17 heavy (non-hydrogen) atoms. The summed E-state index contributed by atoms with van der Waals surface area (Å²) in [6.07, 6.45) is 1.13. The van der Waals surface area contributed by atoms with Crippen LogP contribution in [0, 0.1) is 0 Å². The molecule has 0 aliphatic heterocycles. The average Bonchev–Trinajstić information content (AvgIpc) is 2.77. The Balaban J connectivity index is 2.05. The lowest BCUT2D eigenvalue weighted by molar-refractivity contribution is 0.199. The summed E-state index contributed by atoms with van der Waals surface area (Å²) in [5, 5.41) is 12.5. The van der Waals surface area contributed by atoms with Crippen LogP contribution in [0.3, 0.4) is 0 Å². The molecule has 1 rings (SSSR count). The van der Waals surface area contributed by atoms with Crippen molar-refractivity contribution in [1.29, 1.82) is 0 Å². The fourth-order valence-electron chi connectivity index (χ4n) is 1.10. The third kappa shape index (κ3) is 6.21. The van der Waals surface area contributed by atoms with E-state index in [0.717, 1.165) is 41.3 Å². The molecule has 1 heterocycles. The van der Waals surface area contributed by atoms with E-state index < -0.39 is 0 Å². The zero-order chi connectivity index (χ0) is 12.5. The molecule has 0 radical (unpaired) electrons. The molecule has 0 saturated heterocycles. The SMILES string of the molecule is COCCNCCCSc1nnc(N(C)C)s1. The van der Waals surface area contributed by atoms with Gasteiger partial charge < -0.3 is 15.0 Å². The van der Waals surface area contributed by atoms with Gasteiger partial charge in [-0.1, -0.05) is 23.1 Å². The molecule has 0 aliphatic carbocycles. The Morgan fingerprint density at radius 1 is 1.35 bits per heavy atom. The maximum absolute atomic E-state index is 4.95. The van der Waals surface area contributed by atoms with Gasteiger partial charge in [0.2, 0.25) is 5.13 Å². The van der Waals surface area contributed by atoms with Gasteiger partial charge >= 0.3 is 0 Å². The molecule has 0 spiro atoms. The van der Waals surface area contributed by atoms with Gasteiger partial charge in [-0.2, -0.15) is 0 Å². The number of nitrogens with one attached hydrogen (secondary N) is 1. The lowest BCUT2D eigenvalue weighted by Gasteiger charge is -2.04. The lowest BCUT2D eigenvalue weighted by Crippen LogP contribution is -2.20. The second kappa shape index (κ2) is 8.68. The maximum Gasteiger partial charge on any atom is 0.208 e. The Morgan fingerprint density at radius 2 is 2.18 bits per heavy atom. The molecule has 5 nitrogen and oxygen atoms in total. The summed E-state index contributed by atoms with van der Waals surface area (Å²) >= 11 is 3.41. The number of hydrogen-bond acceptors (Lipinski definition) is 7. The van der Waals surface area contributed by atoms with Crippen LogP contribution in [0.2, 0.25) is 0 Å². The maximum atomic E-state index is 4.95. The molecule has 0 unspecified atom stereocenters. The van der Waals surface area contributed by atoms with Crippen LogP contribution in [-0.2, 0) is 4.74 Å². The van der Waals surface area contributed by atoms with Gasteiger partial charge in [0, 0.05) is 33.5 Å². The zero-order valence-electron chi connectivity index (χ0n) is 10.6. The van der Waals surface area contributed by atoms with Gasteiger partial charge in [0.15, 0.2) is 4.34 Å². The molecule has 0 saturated carbocycles. The number of hydrogen-bond donors (Lipinski definition) is 1. The van der Waals surface area contributed by atoms with Crippen LogP contribution in [0.15, 0.2) is 4.34 Å². The van der Waals surface area contributed by atoms with Crippen molar-refractivity contribution in [2.75, 3.05) is 51.6 Å². The van der Waals surface area contributed by atoms with E-state index in [1.165, 1.54) is 0 Å². The van der Waals surface area contributed by atoms with Crippen molar-refractivity contribution in [1.82, 2.24) is 15.5 Å². The van der Waals surface area contributed by atoms with E-state index >= 15 is 0 Å². The number of anilines is 1. The van der Waals surface area contributed by atoms with E-state index in [4.69, 9.17) is 4.74 Å². The Labute approximate surface area is 111 Å². The summed E-state index contributed by atoms with van der Waals surface area (Å²) in [5.74, 6) is 1.07. The highest BCUT2D eigenvalue weighted by Crippen LogP contribution is 2.26. The van der Waals surface area contributed by atoms with Crippen LogP contribution in [0.25, 0.3) is 0 Å². The largest absolute Gasteiger partial charge is 0.383 e. The normalized spacial score (nSPS) is 10.8. The second-order valence-electron chi connectivity index (χ2n) is 3.69. The van der Waals surface area contributed by atoms with Crippen LogP contribution in [-0.4, -0.2) is 56.9 Å². The topological polar surface area (TPSA) is 50.3 Å². The quantitative estimate of drug-likeness (QED) is 0.542. The van der Waals surface area contributed by atoms with E-state index in [1.807, 2.05) is 19.0 Å². The standard InChI is InChI=1S/C10H20N4OS2/c1-14(2)9-12-13-10(17-9)16-8-4-5-11-6-7-15-3/h11H,4-8H2,1-3H3. The fraction of sp³-hybridized carbons (Fsp3) is 0.800. The highest BCUT2D eigenvalue weighted by Gasteiger charge is 2.05. The number of aromatic nitrogens is 2. The molecule has 1 aromatic rings. The lowest BCUT2D eigenvalue weighted by atomic mass is 10.5. The molecule has 0 aliphatic rings. The molecular weight excluding hydrogens is 256 g/mol. The third-order valence-electron chi connectivity index (χ3n) is 1.98. The first-order valence-corrected chi connectivity index (χ1v) is 7.37. The molecule has 0 bridgehead atoms. The van der Waals surface area contributed by atoms with Gasteiger partial charge in [-0.15, -0.1) is 10.2 Å². The van der Waals surface area contributed by atoms with Gasteiger partial charge in [0.1, 0.15) is 0 Å². The van der Waals surface area contributed by atoms with Crippen molar-refractivity contribution in [2.24, 2.45) is 0 Å². The van der Waals surface area contributed by atoms with Crippen LogP contribution in [0.4, 0.5) is 5.13 Å². The highest BCUT2D eigenvalue weighted by atomic mass is 32.2. The van der Waals surface area contributed by atoms with E-state index in [2.05, 4.69) is 15.5 Å². The molecule has 0 atom stereocenters. The number of ether oxygens (including phenoxy) is 1. The zero-order valence-corrected chi connectivity index (χ0v) is 12.2. The second-order valence-corrected chi connectivity index (χ2v) is 5.99. The van der Waals surface area contributed by atoms with Crippen LogP contribution in [0.5, 0.6) is 0 Å². The monoisotopic (exact) mass is 276 g/mol. The molecule has 1 N–H and O–H groups in total. The van der Waals surface area contributed by atoms with Gasteiger partial charge in [0.25, 0.3) is 0 Å². The Morgan fingerprint density at radius 3 is 2.82 bits per heavy atom. The van der Waals surface area contributed by atoms with E-state index in [-0.39, 0.29) is 0 Å². The summed E-state index contributed by atoms with van der Waals surface area (Å²) in [6, 6.07) is 0. The van der Waals surface area contributed by atoms with Crippen molar-refractivity contribution in [3.63, 3.8) is 0 Å². The predicted octanol–water partition coefficient (Wildman–Crippen LogP) is 1.32. The number of thioether (sulfide) groups is 1. The minimum absolute atomic E-state index is 0.774. The van der Waals surface area contributed by atoms with Gasteiger partial charge in [-0.05, 0) is 13.0 Å². The fourth-order valence-corrected chi connectivity index (χ4v) is 2.87. The minimum Gasteiger partial charge on any atom is -0.383 e. The van der Waals surface area contributed by atoms with Crippen molar-refractivity contribution in [3.8, 4) is 0 Å². The molecule has 7 heteroatoms. The van der Waals surface area contributed by atoms with Gasteiger partial charge in [-0.3, -0.25) is 0 Å². The Hall–Kier alpha value is -0.370. The number of methoxy groups -OCH3 is 1. The summed E-state index contributed by atoms with van der Waals surface area (Å²) in [7, 11) is 5.68. The first-order valence-electron chi connectivity index (χ1n) is 5.57. The first-order chi connectivity index (χ1) is 8.24. The smallest absolute Gasteiger partial charge is 0.208 e. The molecule has 0 fully saturated rings. The summed E-state index contributed by atoms with van der Waals surface area (Å²) in [5.41, 5.74) is 0. The van der Waals surface area contributed by atoms with Crippen molar-refractivity contribution in [2.45, 2.75) is 10.8 Å². The van der Waals surface area contributed by atoms with E-state index in [0.29, 0.717) is 0 Å².